The van der Waals surface area contributed by atoms with Crippen molar-refractivity contribution in [1.29, 1.82) is 0 Å². The molecule has 0 aromatic carbocycles. The van der Waals surface area contributed by atoms with Crippen LogP contribution < -0.4 is 0 Å². The van der Waals surface area contributed by atoms with Crippen LogP contribution in [0.25, 0.3) is 0 Å². The molecule has 0 aliphatic rings. The Morgan fingerprint density at radius 2 is 2.00 bits per heavy atom. The molecule has 0 aromatic rings. The highest BCUT2D eigenvalue weighted by molar-refractivity contribution is 7.81. The predicted molar refractivity (Wildman–Crippen MR) is 50.8 cm³/mol. The van der Waals surface area contributed by atoms with Gasteiger partial charge < -0.3 is 0 Å². The molecular weight excluding hydrogens is 148 g/mol. The van der Waals surface area contributed by atoms with E-state index in [-0.39, 0.29) is 0 Å². The van der Waals surface area contributed by atoms with Crippen molar-refractivity contribution < 1.29 is 0 Å². The van der Waals surface area contributed by atoms with Gasteiger partial charge in [0.05, 0.1) is 0 Å². The van der Waals surface area contributed by atoms with Crippen LogP contribution in [-0.2, 0) is 0 Å². The van der Waals surface area contributed by atoms with Gasteiger partial charge in [-0.05, 0) is 18.6 Å². The summed E-state index contributed by atoms with van der Waals surface area (Å²) in [6, 6.07) is 0. The van der Waals surface area contributed by atoms with Gasteiger partial charge in [0, 0.05) is 5.25 Å². The quantitative estimate of drug-likeness (QED) is 0.574. The first kappa shape index (κ1) is 9.70. The van der Waals surface area contributed by atoms with E-state index in [0.717, 1.165) is 12.2 Å². The number of unbranched alkanes of at least 4 members (excludes halogenated alkanes) is 1. The van der Waals surface area contributed by atoms with Crippen LogP contribution in [-0.4, -0.2) is 11.0 Å². The molecule has 0 heterocycles. The summed E-state index contributed by atoms with van der Waals surface area (Å²) < 4.78 is 0. The molecule has 0 radical (unpaired) electrons. The van der Waals surface area contributed by atoms with E-state index in [2.05, 4.69) is 32.2 Å². The van der Waals surface area contributed by atoms with Crippen molar-refractivity contribution >= 4 is 25.3 Å². The van der Waals surface area contributed by atoms with Crippen molar-refractivity contribution in [1.82, 2.24) is 0 Å². The zero-order valence-corrected chi connectivity index (χ0v) is 7.80. The highest BCUT2D eigenvalue weighted by Gasteiger charge is 1.98. The summed E-state index contributed by atoms with van der Waals surface area (Å²) in [5.74, 6) is 0.970. The van der Waals surface area contributed by atoms with E-state index in [1.165, 1.54) is 19.3 Å². The summed E-state index contributed by atoms with van der Waals surface area (Å²) in [7, 11) is 0. The Balaban J connectivity index is 2.95. The monoisotopic (exact) mass is 164 g/mol. The molecule has 0 aliphatic heterocycles. The lowest BCUT2D eigenvalue weighted by molar-refractivity contribution is 0.677. The van der Waals surface area contributed by atoms with Crippen LogP contribution >= 0.6 is 25.3 Å². The summed E-state index contributed by atoms with van der Waals surface area (Å²) in [6.07, 6.45) is 4.98. The second kappa shape index (κ2) is 6.81. The Kier molecular flexibility index (Phi) is 7.34. The van der Waals surface area contributed by atoms with Gasteiger partial charge in [-0.2, -0.15) is 25.3 Å². The normalized spacial score (nSPS) is 13.7. The molecule has 0 unspecified atom stereocenters. The second-order valence-electron chi connectivity index (χ2n) is 2.31. The minimum atomic E-state index is 0.586. The molecule has 0 aliphatic carbocycles. The molecule has 2 heteroatoms. The maximum atomic E-state index is 4.40. The summed E-state index contributed by atoms with van der Waals surface area (Å²) in [6.45, 7) is 2.21. The van der Waals surface area contributed by atoms with Crippen LogP contribution in [0, 0.1) is 0 Å². The van der Waals surface area contributed by atoms with Crippen LogP contribution in [0.15, 0.2) is 0 Å². The molecule has 0 rings (SSSR count). The van der Waals surface area contributed by atoms with Crippen LogP contribution in [0.1, 0.15) is 32.6 Å². The highest BCUT2D eigenvalue weighted by Crippen LogP contribution is 2.10. The molecule has 9 heavy (non-hydrogen) atoms. The van der Waals surface area contributed by atoms with Gasteiger partial charge in [-0.1, -0.05) is 19.8 Å². The Morgan fingerprint density at radius 1 is 1.33 bits per heavy atom. The molecule has 0 amide bonds. The largest absolute Gasteiger partial charge is 0.179 e. The summed E-state index contributed by atoms with van der Waals surface area (Å²) in [5, 5.41) is 0.586. The van der Waals surface area contributed by atoms with E-state index in [4.69, 9.17) is 0 Å². The van der Waals surface area contributed by atoms with Crippen molar-refractivity contribution in [3.8, 4) is 0 Å². The van der Waals surface area contributed by atoms with E-state index in [0.29, 0.717) is 5.25 Å². The lowest BCUT2D eigenvalue weighted by Crippen LogP contribution is -1.98. The van der Waals surface area contributed by atoms with Crippen molar-refractivity contribution in [2.75, 3.05) is 5.75 Å². The van der Waals surface area contributed by atoms with Gasteiger partial charge in [0.2, 0.25) is 0 Å². The predicted octanol–water partition coefficient (Wildman–Crippen LogP) is 2.79. The summed E-state index contributed by atoms with van der Waals surface area (Å²) >= 11 is 8.53. The standard InChI is InChI=1S/C7H16S2/c1-2-3-4-7(9)5-6-8/h7-9H,2-6H2,1H3/t7-/m1/s1. The van der Waals surface area contributed by atoms with Crippen molar-refractivity contribution in [2.45, 2.75) is 37.9 Å². The third kappa shape index (κ3) is 6.59. The Morgan fingerprint density at radius 3 is 2.44 bits per heavy atom. The first-order valence-electron chi connectivity index (χ1n) is 3.60. The molecule has 56 valence electrons. The maximum absolute atomic E-state index is 4.40. The van der Waals surface area contributed by atoms with E-state index in [1.54, 1.807) is 0 Å². The summed E-state index contributed by atoms with van der Waals surface area (Å²) in [4.78, 5) is 0. The second-order valence-corrected chi connectivity index (χ2v) is 3.49. The fraction of sp³-hybridized carbons (Fsp3) is 1.00. The van der Waals surface area contributed by atoms with Crippen LogP contribution in [0.2, 0.25) is 0 Å². The van der Waals surface area contributed by atoms with Crippen molar-refractivity contribution in [3.63, 3.8) is 0 Å². The molecule has 0 spiro atoms. The average molecular weight is 164 g/mol. The Hall–Kier alpha value is 0.700. The third-order valence-electron chi connectivity index (χ3n) is 1.35. The Labute approximate surface area is 69.2 Å². The lowest BCUT2D eigenvalue weighted by atomic mass is 10.2. The van der Waals surface area contributed by atoms with E-state index in [1.807, 2.05) is 0 Å². The van der Waals surface area contributed by atoms with Gasteiger partial charge in [-0.25, -0.2) is 0 Å². The fourth-order valence-corrected chi connectivity index (χ4v) is 1.56. The third-order valence-corrected chi connectivity index (χ3v) is 2.13. The first-order chi connectivity index (χ1) is 4.31. The van der Waals surface area contributed by atoms with Gasteiger partial charge in [0.1, 0.15) is 0 Å². The molecule has 0 saturated heterocycles. The number of hydrogen-bond donors (Lipinski definition) is 2. The molecule has 0 nitrogen and oxygen atoms in total. The van der Waals surface area contributed by atoms with Gasteiger partial charge in [0.25, 0.3) is 0 Å². The minimum Gasteiger partial charge on any atom is -0.179 e. The highest BCUT2D eigenvalue weighted by atomic mass is 32.1. The van der Waals surface area contributed by atoms with Crippen molar-refractivity contribution in [3.05, 3.63) is 0 Å². The van der Waals surface area contributed by atoms with Crippen LogP contribution in [0.5, 0.6) is 0 Å². The van der Waals surface area contributed by atoms with E-state index >= 15 is 0 Å². The van der Waals surface area contributed by atoms with Gasteiger partial charge >= 0.3 is 0 Å². The molecular formula is C7H16S2. The summed E-state index contributed by atoms with van der Waals surface area (Å²) in [5.41, 5.74) is 0. The molecule has 0 N–H and O–H groups in total. The van der Waals surface area contributed by atoms with Crippen molar-refractivity contribution in [2.24, 2.45) is 0 Å². The molecule has 1 atom stereocenters. The molecule has 0 aromatic heterocycles. The minimum absolute atomic E-state index is 0.586. The van der Waals surface area contributed by atoms with Gasteiger partial charge in [0.15, 0.2) is 0 Å². The zero-order chi connectivity index (χ0) is 7.11. The number of hydrogen-bond acceptors (Lipinski definition) is 2. The average Bonchev–Trinajstić information content (AvgIpc) is 1.85. The number of rotatable bonds is 5. The maximum Gasteiger partial charge on any atom is 0.00245 e. The SMILES string of the molecule is CCCC[C@@H](S)CCS. The van der Waals surface area contributed by atoms with Crippen LogP contribution in [0.4, 0.5) is 0 Å². The van der Waals surface area contributed by atoms with E-state index < -0.39 is 0 Å². The molecule has 0 bridgehead atoms. The first-order valence-corrected chi connectivity index (χ1v) is 4.75. The van der Waals surface area contributed by atoms with Gasteiger partial charge in [-0.3, -0.25) is 0 Å². The topological polar surface area (TPSA) is 0 Å². The van der Waals surface area contributed by atoms with Crippen LogP contribution in [0.3, 0.4) is 0 Å². The molecule has 0 saturated carbocycles. The Bertz CT molecular complexity index is 54.9. The molecule has 0 fully saturated rings. The lowest BCUT2D eigenvalue weighted by Gasteiger charge is -2.05. The number of thiol groups is 2. The van der Waals surface area contributed by atoms with E-state index in [9.17, 15) is 0 Å². The smallest absolute Gasteiger partial charge is 0.00245 e. The fourth-order valence-electron chi connectivity index (χ4n) is 0.733. The zero-order valence-electron chi connectivity index (χ0n) is 6.01. The van der Waals surface area contributed by atoms with Gasteiger partial charge in [-0.15, -0.1) is 0 Å².